The Kier molecular flexibility index (Phi) is 11.0. The molecule has 10 heteroatoms. The molecule has 5 rings (SSSR count). The summed E-state index contributed by atoms with van der Waals surface area (Å²) in [7, 11) is 0. The smallest absolute Gasteiger partial charge is 0.257 e. The largest absolute Gasteiger partial charge is 0.396 e. The molecule has 2 aliphatic rings. The molecule has 0 unspecified atom stereocenters. The van der Waals surface area contributed by atoms with Crippen LogP contribution < -0.4 is 16.0 Å². The van der Waals surface area contributed by atoms with Gasteiger partial charge in [-0.25, -0.2) is 9.97 Å². The van der Waals surface area contributed by atoms with Crippen molar-refractivity contribution < 1.29 is 14.7 Å². The third-order valence-corrected chi connectivity index (χ3v) is 9.94. The van der Waals surface area contributed by atoms with Gasteiger partial charge in [-0.15, -0.1) is 0 Å². The maximum atomic E-state index is 13.4. The number of aliphatic hydroxyl groups excluding tert-OH is 1. The summed E-state index contributed by atoms with van der Waals surface area (Å²) in [5.74, 6) is -0.205. The van der Waals surface area contributed by atoms with E-state index in [4.69, 9.17) is 10.8 Å². The first-order valence-electron chi connectivity index (χ1n) is 16.5. The van der Waals surface area contributed by atoms with Crippen LogP contribution in [0.5, 0.6) is 0 Å². The number of nitrogens with zero attached hydrogens (tertiary/aromatic N) is 5. The van der Waals surface area contributed by atoms with Crippen molar-refractivity contribution in [2.75, 3.05) is 37.7 Å². The van der Waals surface area contributed by atoms with Crippen LogP contribution in [0.4, 0.5) is 5.69 Å². The van der Waals surface area contributed by atoms with Crippen LogP contribution in [0.15, 0.2) is 60.9 Å². The number of carbonyl (C=O) groups is 2. The predicted molar refractivity (Wildman–Crippen MR) is 180 cm³/mol. The average Bonchev–Trinajstić information content (AvgIpc) is 3.07. The Morgan fingerprint density at radius 3 is 2.22 bits per heavy atom. The average molecular weight is 628 g/mol. The number of nitrogens with two attached hydrogens (primary N) is 1. The predicted octanol–water partition coefficient (Wildman–Crippen LogP) is 3.59. The fourth-order valence-corrected chi connectivity index (χ4v) is 6.89. The minimum Gasteiger partial charge on any atom is -0.396 e. The van der Waals surface area contributed by atoms with E-state index >= 15 is 0 Å². The molecule has 0 spiro atoms. The molecule has 2 amide bonds. The number of nitrogens with one attached hydrogen (secondary N) is 1. The van der Waals surface area contributed by atoms with Crippen LogP contribution in [0, 0.1) is 13.8 Å². The number of amides is 2. The van der Waals surface area contributed by atoms with E-state index in [-0.39, 0.29) is 30.4 Å². The molecule has 0 bridgehead atoms. The summed E-state index contributed by atoms with van der Waals surface area (Å²) < 4.78 is 0. The highest BCUT2D eigenvalue weighted by atomic mass is 16.3. The van der Waals surface area contributed by atoms with E-state index in [2.05, 4.69) is 86.6 Å². The number of carbonyl (C=O) groups excluding carboxylic acids is 2. The Morgan fingerprint density at radius 2 is 1.61 bits per heavy atom. The number of aryl methyl sites for hydroxylation is 2. The molecule has 46 heavy (non-hydrogen) atoms. The van der Waals surface area contributed by atoms with Gasteiger partial charge in [0.15, 0.2) is 0 Å². The summed E-state index contributed by atoms with van der Waals surface area (Å²) in [5, 5.41) is 11.9. The zero-order valence-corrected chi connectivity index (χ0v) is 27.5. The number of benzene rings is 2. The van der Waals surface area contributed by atoms with Crippen molar-refractivity contribution in [2.24, 2.45) is 5.73 Å². The van der Waals surface area contributed by atoms with Crippen LogP contribution in [0.25, 0.3) is 0 Å². The topological polar surface area (TPSA) is 128 Å². The number of aliphatic hydroxyl groups is 1. The second-order valence-corrected chi connectivity index (χ2v) is 13.0. The minimum absolute atomic E-state index is 0.0478. The van der Waals surface area contributed by atoms with Gasteiger partial charge in [-0.1, -0.05) is 42.5 Å². The van der Waals surface area contributed by atoms with Crippen LogP contribution in [0.1, 0.15) is 71.9 Å². The number of hydrogen-bond donors (Lipinski definition) is 3. The highest BCUT2D eigenvalue weighted by molar-refractivity contribution is 5.96. The summed E-state index contributed by atoms with van der Waals surface area (Å²) in [6.07, 6.45) is 5.79. The molecule has 2 aliphatic heterocycles. The summed E-state index contributed by atoms with van der Waals surface area (Å²) in [6, 6.07) is 18.7. The summed E-state index contributed by atoms with van der Waals surface area (Å²) in [6.45, 7) is 10.8. The number of piperidine rings is 2. The molecular weight excluding hydrogens is 578 g/mol. The highest BCUT2D eigenvalue weighted by Crippen LogP contribution is 2.34. The van der Waals surface area contributed by atoms with Gasteiger partial charge in [-0.05, 0) is 76.1 Å². The lowest BCUT2D eigenvalue weighted by molar-refractivity contribution is -0.122. The van der Waals surface area contributed by atoms with Gasteiger partial charge in [0.05, 0.1) is 23.0 Å². The molecule has 0 aliphatic carbocycles. The van der Waals surface area contributed by atoms with Crippen LogP contribution >= 0.6 is 0 Å². The standard InChI is InChI=1S/C36H49N7O3/c1-26-33(27(2)40-25-39-26)35(46)41-20-16-36(3,17-21-41)42-18-13-31(14-19-42)43(24-29-7-5-4-6-8-29)30-11-9-28(10-12-30)23-38-34(45)32(37)15-22-44/h4-12,25,31-32,44H,13-24,37H2,1-3H3,(H,38,45)/t32-/m0/s1. The Labute approximate surface area is 273 Å². The summed E-state index contributed by atoms with van der Waals surface area (Å²) >= 11 is 0. The van der Waals surface area contributed by atoms with E-state index in [1.165, 1.54) is 17.6 Å². The third-order valence-electron chi connectivity index (χ3n) is 9.94. The first kappa shape index (κ1) is 33.5. The third kappa shape index (κ3) is 7.92. The molecular formula is C36H49N7O3. The van der Waals surface area contributed by atoms with Gasteiger partial charge >= 0.3 is 0 Å². The maximum Gasteiger partial charge on any atom is 0.257 e. The van der Waals surface area contributed by atoms with Crippen molar-refractivity contribution in [3.63, 3.8) is 0 Å². The fraction of sp³-hybridized carbons (Fsp3) is 0.500. The van der Waals surface area contributed by atoms with Gasteiger partial charge in [0.2, 0.25) is 5.91 Å². The van der Waals surface area contributed by atoms with E-state index in [9.17, 15) is 9.59 Å². The molecule has 2 saturated heterocycles. The SMILES string of the molecule is Cc1ncnc(C)c1C(=O)N1CCC(C)(N2CCC(N(Cc3ccccc3)c3ccc(CNC(=O)[C@@H](N)CCO)cc3)CC2)CC1. The number of hydrogen-bond acceptors (Lipinski definition) is 8. The summed E-state index contributed by atoms with van der Waals surface area (Å²) in [4.78, 5) is 41.3. The van der Waals surface area contributed by atoms with Gasteiger partial charge < -0.3 is 26.0 Å². The van der Waals surface area contributed by atoms with Gasteiger partial charge in [-0.2, -0.15) is 0 Å². The van der Waals surface area contributed by atoms with Crippen molar-refractivity contribution >= 4 is 17.5 Å². The molecule has 1 atom stereocenters. The number of rotatable bonds is 11. The van der Waals surface area contributed by atoms with E-state index < -0.39 is 6.04 Å². The lowest BCUT2D eigenvalue weighted by Crippen LogP contribution is -2.58. The first-order chi connectivity index (χ1) is 22.2. The molecule has 3 aromatic rings. The zero-order valence-electron chi connectivity index (χ0n) is 27.5. The summed E-state index contributed by atoms with van der Waals surface area (Å²) in [5.41, 5.74) is 11.5. The Balaban J connectivity index is 1.21. The van der Waals surface area contributed by atoms with Crippen LogP contribution in [-0.4, -0.2) is 87.1 Å². The minimum atomic E-state index is -0.702. The normalized spacial score (nSPS) is 17.8. The second kappa shape index (κ2) is 15.2. The Morgan fingerprint density at radius 1 is 0.978 bits per heavy atom. The van der Waals surface area contributed by atoms with Crippen molar-refractivity contribution in [2.45, 2.75) is 83.6 Å². The Bertz CT molecular complexity index is 1430. The quantitative estimate of drug-likeness (QED) is 0.295. The number of anilines is 1. The first-order valence-corrected chi connectivity index (χ1v) is 16.5. The van der Waals surface area contributed by atoms with Crippen molar-refractivity contribution in [3.8, 4) is 0 Å². The molecule has 2 aromatic carbocycles. The van der Waals surface area contributed by atoms with E-state index in [1.807, 2.05) is 18.7 Å². The maximum absolute atomic E-state index is 13.4. The van der Waals surface area contributed by atoms with Crippen molar-refractivity contribution in [1.29, 1.82) is 0 Å². The monoisotopic (exact) mass is 627 g/mol. The zero-order chi connectivity index (χ0) is 32.7. The lowest BCUT2D eigenvalue weighted by atomic mass is 9.85. The number of aromatic nitrogens is 2. The Hall–Kier alpha value is -3.86. The van der Waals surface area contributed by atoms with E-state index in [0.717, 1.165) is 75.4 Å². The lowest BCUT2D eigenvalue weighted by Gasteiger charge is -2.50. The van der Waals surface area contributed by atoms with Crippen molar-refractivity contribution in [3.05, 3.63) is 89.0 Å². The van der Waals surface area contributed by atoms with Crippen LogP contribution in [0.2, 0.25) is 0 Å². The van der Waals surface area contributed by atoms with E-state index in [1.54, 1.807) is 0 Å². The van der Waals surface area contributed by atoms with Gasteiger partial charge in [-0.3, -0.25) is 14.5 Å². The van der Waals surface area contributed by atoms with Gasteiger partial charge in [0.1, 0.15) is 6.33 Å². The molecule has 246 valence electrons. The van der Waals surface area contributed by atoms with Crippen molar-refractivity contribution in [1.82, 2.24) is 25.1 Å². The molecule has 2 fully saturated rings. The van der Waals surface area contributed by atoms with Gasteiger partial charge in [0, 0.05) is 63.1 Å². The van der Waals surface area contributed by atoms with Crippen LogP contribution in [-0.2, 0) is 17.9 Å². The molecule has 0 saturated carbocycles. The molecule has 3 heterocycles. The van der Waals surface area contributed by atoms with E-state index in [0.29, 0.717) is 18.2 Å². The van der Waals surface area contributed by atoms with Crippen LogP contribution in [0.3, 0.4) is 0 Å². The second-order valence-electron chi connectivity index (χ2n) is 13.0. The molecule has 10 nitrogen and oxygen atoms in total. The molecule has 0 radical (unpaired) electrons. The number of likely N-dealkylation sites (tertiary alicyclic amines) is 2. The molecule has 1 aromatic heterocycles. The highest BCUT2D eigenvalue weighted by Gasteiger charge is 2.39. The fourth-order valence-electron chi connectivity index (χ4n) is 6.89. The van der Waals surface area contributed by atoms with Gasteiger partial charge in [0.25, 0.3) is 5.91 Å². The molecule has 4 N–H and O–H groups in total.